The van der Waals surface area contributed by atoms with E-state index < -0.39 is 24.3 Å². The second-order valence-electron chi connectivity index (χ2n) is 7.44. The molecular formula is C25H19Br2NO8. The number of anilines is 1. The number of nitrogens with one attached hydrogen (secondary N) is 1. The average molecular weight is 621 g/mol. The predicted octanol–water partition coefficient (Wildman–Crippen LogP) is 6.02. The van der Waals surface area contributed by atoms with Crippen molar-refractivity contribution in [1.29, 1.82) is 0 Å². The first kappa shape index (κ1) is 25.4. The molecule has 0 saturated heterocycles. The third-order valence-electron chi connectivity index (χ3n) is 4.96. The minimum Gasteiger partial charge on any atom is -0.506 e. The number of aromatic hydroxyl groups is 1. The van der Waals surface area contributed by atoms with Gasteiger partial charge in [0.2, 0.25) is 6.79 Å². The van der Waals surface area contributed by atoms with Crippen LogP contribution >= 0.6 is 31.9 Å². The molecule has 0 radical (unpaired) electrons. The van der Waals surface area contributed by atoms with E-state index in [1.807, 2.05) is 0 Å². The molecular weight excluding hydrogens is 602 g/mol. The van der Waals surface area contributed by atoms with Gasteiger partial charge in [-0.05, 0) is 58.4 Å². The zero-order valence-electron chi connectivity index (χ0n) is 18.4. The summed E-state index contributed by atoms with van der Waals surface area (Å²) in [4.78, 5) is 24.3. The summed E-state index contributed by atoms with van der Waals surface area (Å²) < 4.78 is 23.2. The number of hydrogen-bond acceptors (Lipinski definition) is 7. The summed E-state index contributed by atoms with van der Waals surface area (Å²) in [6.07, 6.45) is -1.15. The molecule has 3 aromatic rings. The first-order valence-corrected chi connectivity index (χ1v) is 12.1. The fourth-order valence-corrected chi connectivity index (χ4v) is 4.64. The summed E-state index contributed by atoms with van der Waals surface area (Å²) in [6.45, 7) is 0.0801. The van der Waals surface area contributed by atoms with Crippen LogP contribution in [0.4, 0.5) is 10.5 Å². The topological polar surface area (TPSA) is 124 Å². The molecule has 0 unspecified atom stereocenters. The lowest BCUT2D eigenvalue weighted by Crippen LogP contribution is -2.30. The first-order valence-electron chi connectivity index (χ1n) is 10.5. The monoisotopic (exact) mass is 619 g/mol. The van der Waals surface area contributed by atoms with Crippen molar-refractivity contribution in [3.63, 3.8) is 0 Å². The van der Waals surface area contributed by atoms with E-state index in [1.165, 1.54) is 6.08 Å². The number of phenolic OH excluding ortho intramolecular Hbond substituents is 1. The number of halogens is 2. The maximum atomic E-state index is 13.0. The average Bonchev–Trinajstić information content (AvgIpc) is 3.31. The molecule has 1 aliphatic heterocycles. The summed E-state index contributed by atoms with van der Waals surface area (Å²) in [7, 11) is 0. The highest BCUT2D eigenvalue weighted by Crippen LogP contribution is 2.40. The van der Waals surface area contributed by atoms with Crippen LogP contribution in [0.1, 0.15) is 11.7 Å². The number of hydrogen-bond donors (Lipinski definition) is 3. The summed E-state index contributed by atoms with van der Waals surface area (Å²) >= 11 is 6.64. The maximum Gasteiger partial charge on any atom is 0.412 e. The van der Waals surface area contributed by atoms with Crippen molar-refractivity contribution in [3.8, 4) is 23.0 Å². The molecule has 186 valence electrons. The normalized spacial score (nSPS) is 13.7. The van der Waals surface area contributed by atoms with Crippen LogP contribution in [0.25, 0.3) is 0 Å². The molecule has 9 nitrogen and oxygen atoms in total. The Hall–Kier alpha value is -3.70. The lowest BCUT2D eigenvalue weighted by Gasteiger charge is -2.27. The number of rotatable bonds is 8. The number of benzene rings is 3. The Morgan fingerprint density at radius 2 is 1.78 bits per heavy atom. The van der Waals surface area contributed by atoms with Crippen molar-refractivity contribution in [1.82, 2.24) is 0 Å². The zero-order valence-corrected chi connectivity index (χ0v) is 21.6. The quantitative estimate of drug-likeness (QED) is 0.261. The molecule has 0 fully saturated rings. The van der Waals surface area contributed by atoms with Crippen LogP contribution in [0.15, 0.2) is 81.8 Å². The standard InChI is InChI=1S/C25H19Br2NO8/c26-14-10-17(23(31)18(27)11-14)24(20(8-9-22(29)30)35-16-4-2-1-3-5-16)36-25(32)28-15-6-7-19-21(12-15)34-13-33-19/h1-12,20,24,31H,13H2,(H,28,32)(H,29,30)/b9-8+/t20-,24-/m0/s1. The van der Waals surface area contributed by atoms with E-state index in [1.54, 1.807) is 60.7 Å². The Morgan fingerprint density at radius 1 is 1.03 bits per heavy atom. The molecule has 3 N–H and O–H groups in total. The van der Waals surface area contributed by atoms with E-state index in [0.717, 1.165) is 6.08 Å². The summed E-state index contributed by atoms with van der Waals surface area (Å²) in [6, 6.07) is 16.6. The van der Waals surface area contributed by atoms with Gasteiger partial charge in [0.25, 0.3) is 0 Å². The molecule has 0 spiro atoms. The fraction of sp³-hybridized carbons (Fsp3) is 0.120. The number of aliphatic carboxylic acids is 1. The van der Waals surface area contributed by atoms with Crippen LogP contribution in [0.3, 0.4) is 0 Å². The molecule has 2 atom stereocenters. The Bertz CT molecular complexity index is 1300. The van der Waals surface area contributed by atoms with Gasteiger partial charge in [-0.2, -0.15) is 0 Å². The number of carbonyl (C=O) groups is 2. The second-order valence-corrected chi connectivity index (χ2v) is 9.21. The molecule has 36 heavy (non-hydrogen) atoms. The smallest absolute Gasteiger partial charge is 0.412 e. The van der Waals surface area contributed by atoms with Crippen molar-refractivity contribution < 1.29 is 38.7 Å². The summed E-state index contributed by atoms with van der Waals surface area (Å²) in [5.74, 6) is -0.0152. The number of carbonyl (C=O) groups excluding carboxylic acids is 1. The Labute approximate surface area is 222 Å². The van der Waals surface area contributed by atoms with Crippen LogP contribution in [-0.2, 0) is 9.53 Å². The molecule has 11 heteroatoms. The van der Waals surface area contributed by atoms with E-state index in [4.69, 9.17) is 18.9 Å². The molecule has 3 aromatic carbocycles. The van der Waals surface area contributed by atoms with Gasteiger partial charge < -0.3 is 29.2 Å². The van der Waals surface area contributed by atoms with Gasteiger partial charge in [-0.15, -0.1) is 0 Å². The van der Waals surface area contributed by atoms with Crippen LogP contribution in [0.2, 0.25) is 0 Å². The zero-order chi connectivity index (χ0) is 25.7. The minimum absolute atomic E-state index is 0.0801. The molecule has 0 aliphatic carbocycles. The van der Waals surface area contributed by atoms with E-state index in [-0.39, 0.29) is 18.1 Å². The van der Waals surface area contributed by atoms with Gasteiger partial charge in [0, 0.05) is 27.9 Å². The van der Waals surface area contributed by atoms with E-state index in [0.29, 0.717) is 31.9 Å². The van der Waals surface area contributed by atoms with E-state index >= 15 is 0 Å². The lowest BCUT2D eigenvalue weighted by molar-refractivity contribution is -0.131. The molecule has 0 aromatic heterocycles. The first-order chi connectivity index (χ1) is 17.3. The van der Waals surface area contributed by atoms with Crippen molar-refractivity contribution >= 4 is 49.6 Å². The van der Waals surface area contributed by atoms with Gasteiger partial charge in [0.15, 0.2) is 23.7 Å². The highest BCUT2D eigenvalue weighted by atomic mass is 79.9. The Kier molecular flexibility index (Phi) is 8.01. The largest absolute Gasteiger partial charge is 0.506 e. The number of para-hydroxylation sites is 1. The molecule has 1 heterocycles. The van der Waals surface area contributed by atoms with E-state index in [2.05, 4.69) is 37.2 Å². The lowest BCUT2D eigenvalue weighted by atomic mass is 10.0. The number of carboxylic acid groups (broad SMARTS) is 1. The van der Waals surface area contributed by atoms with Gasteiger partial charge in [0.05, 0.1) is 4.47 Å². The number of carboxylic acids is 1. The van der Waals surface area contributed by atoms with Gasteiger partial charge >= 0.3 is 12.1 Å². The van der Waals surface area contributed by atoms with E-state index in [9.17, 15) is 19.8 Å². The second kappa shape index (κ2) is 11.4. The molecule has 4 rings (SSSR count). The van der Waals surface area contributed by atoms with Crippen LogP contribution in [-0.4, -0.2) is 35.2 Å². The highest BCUT2D eigenvalue weighted by molar-refractivity contribution is 9.11. The third kappa shape index (κ3) is 6.29. The Morgan fingerprint density at radius 3 is 2.53 bits per heavy atom. The van der Waals surface area contributed by atoms with Gasteiger partial charge in [-0.1, -0.05) is 34.1 Å². The molecule has 0 bridgehead atoms. The van der Waals surface area contributed by atoms with Gasteiger partial charge in [-0.3, -0.25) is 5.32 Å². The SMILES string of the molecule is O=C(O)/C=C/[C@H](Oc1ccccc1)[C@@H](OC(=O)Nc1ccc2c(c1)OCO2)c1cc(Br)cc(Br)c1O. The minimum atomic E-state index is -1.26. The number of fused-ring (bicyclic) bond motifs is 1. The third-order valence-corrected chi connectivity index (χ3v) is 6.02. The fourth-order valence-electron chi connectivity index (χ4n) is 3.38. The number of ether oxygens (including phenoxy) is 4. The van der Waals surface area contributed by atoms with Crippen LogP contribution in [0, 0.1) is 0 Å². The van der Waals surface area contributed by atoms with Crippen molar-refractivity contribution in [2.24, 2.45) is 0 Å². The van der Waals surface area contributed by atoms with Crippen LogP contribution < -0.4 is 19.5 Å². The van der Waals surface area contributed by atoms with Gasteiger partial charge in [-0.25, -0.2) is 9.59 Å². The van der Waals surface area contributed by atoms with Crippen molar-refractivity contribution in [2.75, 3.05) is 12.1 Å². The Balaban J connectivity index is 1.68. The van der Waals surface area contributed by atoms with Crippen LogP contribution in [0.5, 0.6) is 23.0 Å². The van der Waals surface area contributed by atoms with Gasteiger partial charge in [0.1, 0.15) is 11.5 Å². The summed E-state index contributed by atoms with van der Waals surface area (Å²) in [5.41, 5.74) is 0.553. The van der Waals surface area contributed by atoms with Crippen molar-refractivity contribution in [2.45, 2.75) is 12.2 Å². The molecule has 0 saturated carbocycles. The molecule has 1 aliphatic rings. The number of phenols is 1. The predicted molar refractivity (Wildman–Crippen MR) is 137 cm³/mol. The number of amides is 1. The maximum absolute atomic E-state index is 13.0. The summed E-state index contributed by atoms with van der Waals surface area (Å²) in [5, 5.41) is 22.6. The van der Waals surface area contributed by atoms with Crippen molar-refractivity contribution in [3.05, 3.63) is 87.3 Å². The highest BCUT2D eigenvalue weighted by Gasteiger charge is 2.31. The molecule has 1 amide bonds.